The zero-order valence-corrected chi connectivity index (χ0v) is 11.6. The molecular weight excluding hydrogens is 238 g/mol. The molecule has 1 amide bonds. The minimum absolute atomic E-state index is 0.0384. The van der Waals surface area contributed by atoms with Gasteiger partial charge in [0.25, 0.3) is 5.91 Å². The Balaban J connectivity index is 2.66. The molecule has 0 heterocycles. The van der Waals surface area contributed by atoms with Crippen molar-refractivity contribution < 1.29 is 9.90 Å². The summed E-state index contributed by atoms with van der Waals surface area (Å²) in [6, 6.07) is 7.44. The van der Waals surface area contributed by atoms with Crippen molar-refractivity contribution in [3.05, 3.63) is 35.4 Å². The van der Waals surface area contributed by atoms with Gasteiger partial charge in [0.2, 0.25) is 0 Å². The number of rotatable bonds is 5. The summed E-state index contributed by atoms with van der Waals surface area (Å²) in [7, 11) is 0. The monoisotopic (exact) mass is 259 g/mol. The highest BCUT2D eigenvalue weighted by atomic mass is 16.2. The van der Waals surface area contributed by atoms with Crippen molar-refractivity contribution in [3.63, 3.8) is 0 Å². The lowest BCUT2D eigenvalue weighted by atomic mass is 10.1. The molecule has 0 spiro atoms. The molecule has 3 nitrogen and oxygen atoms in total. The number of aliphatic hydroxyl groups excluding tert-OH is 1. The second-order valence-corrected chi connectivity index (χ2v) is 4.34. The molecule has 0 bridgehead atoms. The zero-order chi connectivity index (χ0) is 14.1. The average Bonchev–Trinajstić information content (AvgIpc) is 2.45. The maximum atomic E-state index is 12.0. The van der Waals surface area contributed by atoms with Crippen LogP contribution in [0.25, 0.3) is 0 Å². The van der Waals surface area contributed by atoms with Crippen molar-refractivity contribution >= 4 is 5.91 Å². The van der Waals surface area contributed by atoms with Crippen LogP contribution < -0.4 is 5.32 Å². The van der Waals surface area contributed by atoms with E-state index in [-0.39, 0.29) is 18.6 Å². The molecule has 0 unspecified atom stereocenters. The molecule has 0 aliphatic heterocycles. The number of hydrogen-bond donors (Lipinski definition) is 2. The molecule has 2 N–H and O–H groups in total. The number of aliphatic hydroxyl groups is 1. The first-order chi connectivity index (χ1) is 9.21. The summed E-state index contributed by atoms with van der Waals surface area (Å²) < 4.78 is 0. The van der Waals surface area contributed by atoms with Crippen LogP contribution in [-0.4, -0.2) is 23.7 Å². The van der Waals surface area contributed by atoms with E-state index in [0.717, 1.165) is 18.4 Å². The standard InChI is InChI=1S/C16H21NO2/c1-3-15(4-2)17-16(19)14-10-8-13(9-11-14)7-5-6-12-18/h8-11,15,18H,3-4,6,12H2,1-2H3,(H,17,19). The number of amides is 1. The van der Waals surface area contributed by atoms with Crippen molar-refractivity contribution in [2.24, 2.45) is 0 Å². The fourth-order valence-electron chi connectivity index (χ4n) is 1.69. The van der Waals surface area contributed by atoms with E-state index < -0.39 is 0 Å². The Morgan fingerprint density at radius 2 is 1.89 bits per heavy atom. The number of carbonyl (C=O) groups excluding carboxylic acids is 1. The minimum atomic E-state index is -0.0384. The normalized spacial score (nSPS) is 9.89. The van der Waals surface area contributed by atoms with Crippen molar-refractivity contribution in [2.45, 2.75) is 39.2 Å². The lowest BCUT2D eigenvalue weighted by Gasteiger charge is -2.14. The molecule has 0 aliphatic rings. The van der Waals surface area contributed by atoms with Gasteiger partial charge in [-0.1, -0.05) is 25.7 Å². The quantitative estimate of drug-likeness (QED) is 0.797. The summed E-state index contributed by atoms with van der Waals surface area (Å²) in [6.07, 6.45) is 2.34. The predicted molar refractivity (Wildman–Crippen MR) is 76.9 cm³/mol. The molecule has 19 heavy (non-hydrogen) atoms. The van der Waals surface area contributed by atoms with Gasteiger partial charge in [0.15, 0.2) is 0 Å². The van der Waals surface area contributed by atoms with Gasteiger partial charge in [-0.15, -0.1) is 0 Å². The zero-order valence-electron chi connectivity index (χ0n) is 11.6. The van der Waals surface area contributed by atoms with Crippen molar-refractivity contribution in [1.29, 1.82) is 0 Å². The molecule has 0 aromatic heterocycles. The molecule has 3 heteroatoms. The first kappa shape index (κ1) is 15.3. The molecule has 0 saturated heterocycles. The molecule has 1 aromatic carbocycles. The molecule has 102 valence electrons. The fraction of sp³-hybridized carbons (Fsp3) is 0.438. The van der Waals surface area contributed by atoms with Crippen LogP contribution in [0, 0.1) is 11.8 Å². The van der Waals surface area contributed by atoms with Crippen molar-refractivity contribution in [2.75, 3.05) is 6.61 Å². The summed E-state index contributed by atoms with van der Waals surface area (Å²) in [5.41, 5.74) is 1.51. The Labute approximate surface area is 115 Å². The molecule has 1 rings (SSSR count). The lowest BCUT2D eigenvalue weighted by molar-refractivity contribution is 0.0935. The molecule has 0 fully saturated rings. The highest BCUT2D eigenvalue weighted by Crippen LogP contribution is 2.05. The van der Waals surface area contributed by atoms with Gasteiger partial charge in [0.1, 0.15) is 0 Å². The summed E-state index contributed by atoms with van der Waals surface area (Å²) in [5, 5.41) is 11.6. The van der Waals surface area contributed by atoms with Gasteiger partial charge in [-0.25, -0.2) is 0 Å². The molecular formula is C16H21NO2. The largest absolute Gasteiger partial charge is 0.395 e. The van der Waals surface area contributed by atoms with Crippen LogP contribution in [0.4, 0.5) is 0 Å². The van der Waals surface area contributed by atoms with E-state index in [1.54, 1.807) is 12.1 Å². The van der Waals surface area contributed by atoms with Crippen LogP contribution >= 0.6 is 0 Å². The second-order valence-electron chi connectivity index (χ2n) is 4.34. The Hall–Kier alpha value is -1.79. The predicted octanol–water partition coefficient (Wildman–Crippen LogP) is 2.34. The first-order valence-electron chi connectivity index (χ1n) is 6.71. The maximum Gasteiger partial charge on any atom is 0.251 e. The third-order valence-corrected chi connectivity index (χ3v) is 2.94. The van der Waals surface area contributed by atoms with Crippen LogP contribution in [0.1, 0.15) is 49.0 Å². The molecule has 0 aliphatic carbocycles. The van der Waals surface area contributed by atoms with E-state index in [4.69, 9.17) is 5.11 Å². The van der Waals surface area contributed by atoms with E-state index in [2.05, 4.69) is 31.0 Å². The second kappa shape index (κ2) is 8.34. The van der Waals surface area contributed by atoms with E-state index >= 15 is 0 Å². The average molecular weight is 259 g/mol. The number of hydrogen-bond acceptors (Lipinski definition) is 2. The molecule has 1 aromatic rings. The van der Waals surface area contributed by atoms with E-state index in [1.807, 2.05) is 12.1 Å². The van der Waals surface area contributed by atoms with Crippen LogP contribution in [0.3, 0.4) is 0 Å². The maximum absolute atomic E-state index is 12.0. The van der Waals surface area contributed by atoms with Crippen LogP contribution in [-0.2, 0) is 0 Å². The van der Waals surface area contributed by atoms with Gasteiger partial charge >= 0.3 is 0 Å². The summed E-state index contributed by atoms with van der Waals surface area (Å²) in [6.45, 7) is 4.20. The Kier molecular flexibility index (Phi) is 6.70. The Bertz CT molecular complexity index is 450. The fourth-order valence-corrected chi connectivity index (χ4v) is 1.69. The lowest BCUT2D eigenvalue weighted by Crippen LogP contribution is -2.33. The van der Waals surface area contributed by atoms with Crippen molar-refractivity contribution in [1.82, 2.24) is 5.32 Å². The highest BCUT2D eigenvalue weighted by molar-refractivity contribution is 5.94. The van der Waals surface area contributed by atoms with Crippen LogP contribution in [0.2, 0.25) is 0 Å². The van der Waals surface area contributed by atoms with Gasteiger partial charge in [-0.3, -0.25) is 4.79 Å². The summed E-state index contributed by atoms with van der Waals surface area (Å²) in [5.74, 6) is 5.74. The van der Waals surface area contributed by atoms with Gasteiger partial charge in [0, 0.05) is 23.6 Å². The highest BCUT2D eigenvalue weighted by Gasteiger charge is 2.09. The van der Waals surface area contributed by atoms with E-state index in [1.165, 1.54) is 0 Å². The molecule has 0 atom stereocenters. The SMILES string of the molecule is CCC(CC)NC(=O)c1ccc(C#CCCO)cc1. The number of carbonyl (C=O) groups is 1. The van der Waals surface area contributed by atoms with Crippen LogP contribution in [0.5, 0.6) is 0 Å². The summed E-state index contributed by atoms with van der Waals surface area (Å²) in [4.78, 5) is 12.0. The third-order valence-electron chi connectivity index (χ3n) is 2.94. The smallest absolute Gasteiger partial charge is 0.251 e. The van der Waals surface area contributed by atoms with E-state index in [9.17, 15) is 4.79 Å². The number of nitrogens with one attached hydrogen (secondary N) is 1. The number of benzene rings is 1. The van der Waals surface area contributed by atoms with E-state index in [0.29, 0.717) is 12.0 Å². The Morgan fingerprint density at radius 3 is 2.42 bits per heavy atom. The molecule has 0 saturated carbocycles. The van der Waals surface area contributed by atoms with Crippen molar-refractivity contribution in [3.8, 4) is 11.8 Å². The van der Waals surface area contributed by atoms with Gasteiger partial charge in [-0.05, 0) is 37.1 Å². The minimum Gasteiger partial charge on any atom is -0.395 e. The summed E-state index contributed by atoms with van der Waals surface area (Å²) >= 11 is 0. The van der Waals surface area contributed by atoms with Gasteiger partial charge in [-0.2, -0.15) is 0 Å². The third kappa shape index (κ3) is 5.15. The van der Waals surface area contributed by atoms with Crippen LogP contribution in [0.15, 0.2) is 24.3 Å². The molecule has 0 radical (unpaired) electrons. The van der Waals surface area contributed by atoms with Gasteiger partial charge in [0.05, 0.1) is 6.61 Å². The Morgan fingerprint density at radius 1 is 1.26 bits per heavy atom. The topological polar surface area (TPSA) is 49.3 Å². The first-order valence-corrected chi connectivity index (χ1v) is 6.71. The van der Waals surface area contributed by atoms with Gasteiger partial charge < -0.3 is 10.4 Å².